The molecule has 6 nitrogen and oxygen atoms in total. The number of halogens is 3. The van der Waals surface area contributed by atoms with Gasteiger partial charge in [-0.2, -0.15) is 22.7 Å². The van der Waals surface area contributed by atoms with Gasteiger partial charge in [0.15, 0.2) is 5.69 Å². The monoisotopic (exact) mass is 417 g/mol. The number of nitrogens with one attached hydrogen (secondary N) is 1. The van der Waals surface area contributed by atoms with Crippen molar-refractivity contribution in [1.29, 1.82) is 0 Å². The summed E-state index contributed by atoms with van der Waals surface area (Å²) in [5.74, 6) is -1.41. The molecule has 3 heterocycles. The van der Waals surface area contributed by atoms with Gasteiger partial charge in [-0.05, 0) is 48.6 Å². The van der Waals surface area contributed by atoms with Crippen LogP contribution in [0.2, 0.25) is 0 Å². The summed E-state index contributed by atoms with van der Waals surface area (Å²) in [6, 6.07) is 9.63. The van der Waals surface area contributed by atoms with Gasteiger partial charge in [0, 0.05) is 5.69 Å². The number of benzene rings is 1. The Morgan fingerprint density at radius 2 is 1.93 bits per heavy atom. The van der Waals surface area contributed by atoms with Gasteiger partial charge < -0.3 is 5.32 Å². The van der Waals surface area contributed by atoms with Crippen LogP contribution in [-0.2, 0) is 6.18 Å². The highest BCUT2D eigenvalue weighted by molar-refractivity contribution is 7.13. The van der Waals surface area contributed by atoms with Crippen molar-refractivity contribution < 1.29 is 18.0 Å². The van der Waals surface area contributed by atoms with Crippen molar-refractivity contribution in [3.8, 4) is 10.6 Å². The maximum absolute atomic E-state index is 13.6. The number of rotatable bonds is 3. The molecule has 0 saturated carbocycles. The molecule has 3 aromatic heterocycles. The van der Waals surface area contributed by atoms with E-state index in [1.165, 1.54) is 11.3 Å². The molecule has 0 aliphatic rings. The zero-order chi connectivity index (χ0) is 20.8. The van der Waals surface area contributed by atoms with Gasteiger partial charge >= 0.3 is 6.18 Å². The van der Waals surface area contributed by atoms with E-state index in [1.807, 2.05) is 19.9 Å². The Balaban J connectivity index is 1.78. The summed E-state index contributed by atoms with van der Waals surface area (Å²) in [6.45, 7) is 3.72. The van der Waals surface area contributed by atoms with Crippen molar-refractivity contribution in [3.05, 3.63) is 64.4 Å². The molecule has 10 heteroatoms. The number of aromatic nitrogens is 4. The van der Waals surface area contributed by atoms with Crippen molar-refractivity contribution in [2.45, 2.75) is 20.0 Å². The minimum atomic E-state index is -4.69. The molecule has 148 valence electrons. The molecule has 0 aliphatic carbocycles. The highest BCUT2D eigenvalue weighted by Gasteiger charge is 2.36. The molecule has 1 amide bonds. The fourth-order valence-electron chi connectivity index (χ4n) is 2.78. The Hall–Kier alpha value is -3.27. The summed E-state index contributed by atoms with van der Waals surface area (Å²) < 4.78 is 41.3. The highest BCUT2D eigenvalue weighted by atomic mass is 32.1. The van der Waals surface area contributed by atoms with Crippen molar-refractivity contribution in [2.75, 3.05) is 5.32 Å². The Labute approximate surface area is 167 Å². The number of alkyl halides is 3. The van der Waals surface area contributed by atoms with Crippen LogP contribution < -0.4 is 5.32 Å². The minimum Gasteiger partial charge on any atom is -0.319 e. The van der Waals surface area contributed by atoms with Gasteiger partial charge in [-0.15, -0.1) is 16.4 Å². The number of anilines is 1. The molecule has 0 spiro atoms. The van der Waals surface area contributed by atoms with Crippen LogP contribution in [0.1, 0.15) is 27.4 Å². The smallest absolute Gasteiger partial charge is 0.319 e. The van der Waals surface area contributed by atoms with Crippen LogP contribution in [0.4, 0.5) is 18.9 Å². The molecule has 4 aromatic rings. The second kappa shape index (κ2) is 6.96. The third-order valence-corrected chi connectivity index (χ3v) is 5.32. The van der Waals surface area contributed by atoms with E-state index in [0.29, 0.717) is 15.1 Å². The Bertz CT molecular complexity index is 1210. The number of carbonyl (C=O) groups is 1. The molecule has 4 rings (SSSR count). The summed E-state index contributed by atoms with van der Waals surface area (Å²) in [5.41, 5.74) is 1.42. The van der Waals surface area contributed by atoms with Crippen molar-refractivity contribution in [3.63, 3.8) is 0 Å². The van der Waals surface area contributed by atoms with Crippen LogP contribution in [-0.4, -0.2) is 25.5 Å². The van der Waals surface area contributed by atoms with E-state index in [9.17, 15) is 18.0 Å². The van der Waals surface area contributed by atoms with Crippen molar-refractivity contribution >= 4 is 28.7 Å². The number of hydrogen-bond acceptors (Lipinski definition) is 5. The van der Waals surface area contributed by atoms with Gasteiger partial charge in [0.05, 0.1) is 10.6 Å². The van der Waals surface area contributed by atoms with Crippen LogP contribution in [0, 0.1) is 13.8 Å². The molecule has 29 heavy (non-hydrogen) atoms. The summed E-state index contributed by atoms with van der Waals surface area (Å²) in [5, 5.41) is 8.15. The van der Waals surface area contributed by atoms with E-state index in [-0.39, 0.29) is 11.5 Å². The summed E-state index contributed by atoms with van der Waals surface area (Å²) in [6.07, 6.45) is -4.69. The van der Waals surface area contributed by atoms with Crippen LogP contribution in [0.3, 0.4) is 0 Å². The third-order valence-electron chi connectivity index (χ3n) is 4.43. The average Bonchev–Trinajstić information content (AvgIpc) is 3.33. The van der Waals surface area contributed by atoms with Gasteiger partial charge in [-0.25, -0.2) is 4.98 Å². The van der Waals surface area contributed by atoms with Gasteiger partial charge in [0.25, 0.3) is 11.7 Å². The average molecular weight is 417 g/mol. The van der Waals surface area contributed by atoms with Gasteiger partial charge in [0.2, 0.25) is 5.82 Å². The lowest BCUT2D eigenvalue weighted by molar-refractivity contribution is -0.142. The maximum Gasteiger partial charge on any atom is 0.433 e. The second-order valence-corrected chi connectivity index (χ2v) is 7.30. The van der Waals surface area contributed by atoms with E-state index in [4.69, 9.17) is 0 Å². The predicted octanol–water partition coefficient (Wildman–Crippen LogP) is 4.74. The molecule has 0 aliphatic heterocycles. The lowest BCUT2D eigenvalue weighted by Crippen LogP contribution is -2.16. The van der Waals surface area contributed by atoms with E-state index in [1.54, 1.807) is 29.6 Å². The van der Waals surface area contributed by atoms with E-state index >= 15 is 0 Å². The molecule has 1 aromatic carbocycles. The zero-order valence-electron chi connectivity index (χ0n) is 15.3. The molecule has 0 saturated heterocycles. The van der Waals surface area contributed by atoms with E-state index < -0.39 is 23.6 Å². The van der Waals surface area contributed by atoms with Crippen LogP contribution >= 0.6 is 11.3 Å². The van der Waals surface area contributed by atoms with Crippen LogP contribution in [0.5, 0.6) is 0 Å². The highest BCUT2D eigenvalue weighted by Crippen LogP contribution is 2.33. The Kier molecular flexibility index (Phi) is 4.58. The fourth-order valence-corrected chi connectivity index (χ4v) is 3.47. The molecule has 0 bridgehead atoms. The van der Waals surface area contributed by atoms with Gasteiger partial charge in [-0.3, -0.25) is 4.79 Å². The Morgan fingerprint density at radius 3 is 2.62 bits per heavy atom. The SMILES string of the molecule is Cc1cccc(NC(=O)c2nc3nc(-c4cccs4)cc(C(F)(F)F)n3n2)c1C. The number of carbonyl (C=O) groups excluding carboxylic acids is 1. The molecular formula is C19H14F3N5OS. The number of amides is 1. The lowest BCUT2D eigenvalue weighted by Gasteiger charge is -2.09. The standard InChI is InChI=1S/C19H14F3N5OS/c1-10-5-3-6-12(11(10)2)23-17(28)16-25-18-24-13(14-7-4-8-29-14)9-15(19(20,21)22)27(18)26-16/h3-9H,1-2H3,(H,23,28). The van der Waals surface area contributed by atoms with E-state index in [2.05, 4.69) is 20.4 Å². The second-order valence-electron chi connectivity index (χ2n) is 6.35. The topological polar surface area (TPSA) is 72.2 Å². The lowest BCUT2D eigenvalue weighted by atomic mass is 10.1. The first-order chi connectivity index (χ1) is 13.7. The molecule has 0 unspecified atom stereocenters. The molecule has 1 N–H and O–H groups in total. The molecule has 0 radical (unpaired) electrons. The fraction of sp³-hybridized carbons (Fsp3) is 0.158. The van der Waals surface area contributed by atoms with Gasteiger partial charge in [-0.1, -0.05) is 18.2 Å². The largest absolute Gasteiger partial charge is 0.433 e. The minimum absolute atomic E-state index is 0.119. The predicted molar refractivity (Wildman–Crippen MR) is 103 cm³/mol. The molecular weight excluding hydrogens is 403 g/mol. The number of hydrogen-bond donors (Lipinski definition) is 1. The first-order valence-electron chi connectivity index (χ1n) is 8.50. The van der Waals surface area contributed by atoms with Crippen molar-refractivity contribution in [2.24, 2.45) is 0 Å². The number of fused-ring (bicyclic) bond motifs is 1. The number of aryl methyl sites for hydroxylation is 1. The Morgan fingerprint density at radius 1 is 1.14 bits per heavy atom. The quantitative estimate of drug-likeness (QED) is 0.523. The first kappa shape index (κ1) is 19.1. The molecule has 0 atom stereocenters. The van der Waals surface area contributed by atoms with E-state index in [0.717, 1.165) is 17.2 Å². The van der Waals surface area contributed by atoms with Crippen LogP contribution in [0.15, 0.2) is 41.8 Å². The first-order valence-corrected chi connectivity index (χ1v) is 9.38. The molecule has 0 fully saturated rings. The number of thiophene rings is 1. The maximum atomic E-state index is 13.6. The summed E-state index contributed by atoms with van der Waals surface area (Å²) in [7, 11) is 0. The van der Waals surface area contributed by atoms with Crippen molar-refractivity contribution in [1.82, 2.24) is 19.6 Å². The van der Waals surface area contributed by atoms with Gasteiger partial charge in [0.1, 0.15) is 0 Å². The zero-order valence-corrected chi connectivity index (χ0v) is 16.1. The van der Waals surface area contributed by atoms with Crippen LogP contribution in [0.25, 0.3) is 16.3 Å². The summed E-state index contributed by atoms with van der Waals surface area (Å²) in [4.78, 5) is 21.2. The third kappa shape index (κ3) is 3.58. The summed E-state index contributed by atoms with van der Waals surface area (Å²) >= 11 is 1.26. The number of nitrogens with zero attached hydrogens (tertiary/aromatic N) is 4. The normalized spacial score (nSPS) is 11.8.